The summed E-state index contributed by atoms with van der Waals surface area (Å²) in [5.74, 6) is 0.667. The lowest BCUT2D eigenvalue weighted by Crippen LogP contribution is -2.04. The highest BCUT2D eigenvalue weighted by Gasteiger charge is 2.08. The monoisotopic (exact) mass is 196 g/mol. The van der Waals surface area contributed by atoms with E-state index in [1.807, 2.05) is 13.0 Å². The molecule has 0 spiro atoms. The van der Waals surface area contributed by atoms with E-state index in [4.69, 9.17) is 11.5 Å². The lowest BCUT2D eigenvalue weighted by molar-refractivity contribution is 1.13. The number of aryl methyl sites for hydroxylation is 1. The van der Waals surface area contributed by atoms with Gasteiger partial charge in [-0.15, -0.1) is 0 Å². The Morgan fingerprint density at radius 2 is 1.92 bits per heavy atom. The van der Waals surface area contributed by atoms with E-state index >= 15 is 0 Å². The third kappa shape index (κ3) is 1.75. The van der Waals surface area contributed by atoms with Crippen molar-refractivity contribution in [2.24, 2.45) is 0 Å². The van der Waals surface area contributed by atoms with E-state index in [-0.39, 0.29) is 0 Å². The number of thiol groups is 1. The molecule has 0 saturated carbocycles. The maximum atomic E-state index is 5.95. The molecule has 0 amide bonds. The number of hydrogen-bond acceptors (Lipinski definition) is 3. The summed E-state index contributed by atoms with van der Waals surface area (Å²) in [6, 6.07) is 2.01. The number of hydrogen-bond donors (Lipinski definition) is 3. The minimum Gasteiger partial charge on any atom is -0.398 e. The number of nitrogens with two attached hydrogens (primary N) is 2. The van der Waals surface area contributed by atoms with Crippen molar-refractivity contribution in [1.29, 1.82) is 0 Å². The zero-order chi connectivity index (χ0) is 10.0. The average molecular weight is 196 g/mol. The lowest BCUT2D eigenvalue weighted by Gasteiger charge is -2.13. The third-order valence-corrected chi connectivity index (χ3v) is 2.68. The van der Waals surface area contributed by atoms with Gasteiger partial charge in [0, 0.05) is 17.1 Å². The fraction of sp³-hybridized carbons (Fsp3) is 0.400. The quantitative estimate of drug-likeness (QED) is 0.501. The molecule has 0 aliphatic carbocycles. The standard InChI is InChI=1S/C10H16N2S/c1-3-8-9(11)6(2)4-7(5-13)10(8)12/h4,13H,3,5,11-12H2,1-2H3. The molecule has 1 aromatic rings. The van der Waals surface area contributed by atoms with Crippen LogP contribution in [0.5, 0.6) is 0 Å². The van der Waals surface area contributed by atoms with Crippen LogP contribution in [0.2, 0.25) is 0 Å². The van der Waals surface area contributed by atoms with Gasteiger partial charge in [-0.05, 0) is 30.0 Å². The maximum absolute atomic E-state index is 5.95. The number of anilines is 2. The van der Waals surface area contributed by atoms with Crippen molar-refractivity contribution < 1.29 is 0 Å². The molecule has 0 unspecified atom stereocenters. The van der Waals surface area contributed by atoms with Gasteiger partial charge in [-0.1, -0.05) is 13.0 Å². The molecule has 0 radical (unpaired) electrons. The Labute approximate surface area is 84.7 Å². The predicted molar refractivity (Wildman–Crippen MR) is 62.1 cm³/mol. The van der Waals surface area contributed by atoms with Crippen LogP contribution in [-0.4, -0.2) is 0 Å². The van der Waals surface area contributed by atoms with Crippen LogP contribution >= 0.6 is 12.6 Å². The van der Waals surface area contributed by atoms with Gasteiger partial charge >= 0.3 is 0 Å². The molecular formula is C10H16N2S. The van der Waals surface area contributed by atoms with Crippen LogP contribution in [0, 0.1) is 6.92 Å². The highest BCUT2D eigenvalue weighted by Crippen LogP contribution is 2.28. The van der Waals surface area contributed by atoms with Gasteiger partial charge in [-0.3, -0.25) is 0 Å². The van der Waals surface area contributed by atoms with Gasteiger partial charge in [0.15, 0.2) is 0 Å². The second-order valence-electron chi connectivity index (χ2n) is 3.17. The molecule has 4 N–H and O–H groups in total. The summed E-state index contributed by atoms with van der Waals surface area (Å²) in [7, 11) is 0. The van der Waals surface area contributed by atoms with Crippen molar-refractivity contribution >= 4 is 24.0 Å². The number of rotatable bonds is 2. The van der Waals surface area contributed by atoms with Gasteiger partial charge in [-0.25, -0.2) is 0 Å². The Hall–Kier alpha value is -0.830. The number of nitrogen functional groups attached to an aromatic ring is 2. The summed E-state index contributed by atoms with van der Waals surface area (Å²) in [6.07, 6.45) is 0.875. The van der Waals surface area contributed by atoms with Crippen LogP contribution in [-0.2, 0) is 12.2 Å². The van der Waals surface area contributed by atoms with E-state index in [2.05, 4.69) is 19.6 Å². The third-order valence-electron chi connectivity index (χ3n) is 2.34. The second-order valence-corrected chi connectivity index (χ2v) is 3.49. The van der Waals surface area contributed by atoms with Crippen molar-refractivity contribution in [2.45, 2.75) is 26.0 Å². The van der Waals surface area contributed by atoms with E-state index < -0.39 is 0 Å². The molecule has 0 aliphatic heterocycles. The van der Waals surface area contributed by atoms with Crippen molar-refractivity contribution in [3.05, 3.63) is 22.8 Å². The van der Waals surface area contributed by atoms with Crippen LogP contribution in [0.3, 0.4) is 0 Å². The van der Waals surface area contributed by atoms with Crippen molar-refractivity contribution in [3.63, 3.8) is 0 Å². The molecular weight excluding hydrogens is 180 g/mol. The van der Waals surface area contributed by atoms with E-state index in [1.165, 1.54) is 0 Å². The molecule has 0 aliphatic rings. The van der Waals surface area contributed by atoms with E-state index in [0.29, 0.717) is 5.75 Å². The first-order valence-electron chi connectivity index (χ1n) is 4.39. The zero-order valence-corrected chi connectivity index (χ0v) is 8.99. The lowest BCUT2D eigenvalue weighted by atomic mass is 10.00. The first-order valence-corrected chi connectivity index (χ1v) is 5.02. The Bertz CT molecular complexity index is 321. The molecule has 1 aromatic carbocycles. The first-order chi connectivity index (χ1) is 6.11. The van der Waals surface area contributed by atoms with Gasteiger partial charge in [-0.2, -0.15) is 12.6 Å². The molecule has 0 heterocycles. The molecule has 2 nitrogen and oxygen atoms in total. The summed E-state index contributed by atoms with van der Waals surface area (Å²) in [4.78, 5) is 0. The maximum Gasteiger partial charge on any atom is 0.0408 e. The van der Waals surface area contributed by atoms with Gasteiger partial charge in [0.2, 0.25) is 0 Å². The second kappa shape index (κ2) is 3.92. The Kier molecular flexibility index (Phi) is 3.09. The fourth-order valence-corrected chi connectivity index (χ4v) is 1.77. The largest absolute Gasteiger partial charge is 0.398 e. The van der Waals surface area contributed by atoms with Crippen molar-refractivity contribution in [1.82, 2.24) is 0 Å². The van der Waals surface area contributed by atoms with Crippen molar-refractivity contribution in [2.75, 3.05) is 11.5 Å². The van der Waals surface area contributed by atoms with Gasteiger partial charge in [0.25, 0.3) is 0 Å². The van der Waals surface area contributed by atoms with E-state index in [9.17, 15) is 0 Å². The van der Waals surface area contributed by atoms with Crippen LogP contribution in [0.1, 0.15) is 23.6 Å². The normalized spacial score (nSPS) is 10.4. The molecule has 0 fully saturated rings. The van der Waals surface area contributed by atoms with Crippen molar-refractivity contribution in [3.8, 4) is 0 Å². The minimum absolute atomic E-state index is 0.667. The zero-order valence-electron chi connectivity index (χ0n) is 8.09. The van der Waals surface area contributed by atoms with Gasteiger partial charge < -0.3 is 11.5 Å². The summed E-state index contributed by atoms with van der Waals surface area (Å²) in [5, 5.41) is 0. The summed E-state index contributed by atoms with van der Waals surface area (Å²) < 4.78 is 0. The van der Waals surface area contributed by atoms with Crippen LogP contribution in [0.4, 0.5) is 11.4 Å². The Morgan fingerprint density at radius 3 is 2.38 bits per heavy atom. The molecule has 0 saturated heterocycles. The Morgan fingerprint density at radius 1 is 1.31 bits per heavy atom. The molecule has 72 valence electrons. The van der Waals surface area contributed by atoms with Gasteiger partial charge in [0.05, 0.1) is 0 Å². The fourth-order valence-electron chi connectivity index (χ4n) is 1.51. The average Bonchev–Trinajstić information content (AvgIpc) is 2.12. The van der Waals surface area contributed by atoms with Crippen LogP contribution in [0.15, 0.2) is 6.07 Å². The molecule has 0 atom stereocenters. The smallest absolute Gasteiger partial charge is 0.0408 e. The SMILES string of the molecule is CCc1c(N)c(C)cc(CS)c1N. The van der Waals surface area contributed by atoms with Crippen LogP contribution < -0.4 is 11.5 Å². The predicted octanol–water partition coefficient (Wildman–Crippen LogP) is 2.15. The van der Waals surface area contributed by atoms with Gasteiger partial charge in [0.1, 0.15) is 0 Å². The number of benzene rings is 1. The highest BCUT2D eigenvalue weighted by atomic mass is 32.1. The molecule has 1 rings (SSSR count). The van der Waals surface area contributed by atoms with E-state index in [0.717, 1.165) is 34.5 Å². The Balaban J connectivity index is 3.39. The first kappa shape index (κ1) is 10.3. The van der Waals surface area contributed by atoms with Crippen LogP contribution in [0.25, 0.3) is 0 Å². The topological polar surface area (TPSA) is 52.0 Å². The van der Waals surface area contributed by atoms with E-state index in [1.54, 1.807) is 0 Å². The highest BCUT2D eigenvalue weighted by molar-refractivity contribution is 7.79. The minimum atomic E-state index is 0.667. The summed E-state index contributed by atoms with van der Waals surface area (Å²) in [5.41, 5.74) is 16.7. The molecule has 13 heavy (non-hydrogen) atoms. The molecule has 0 bridgehead atoms. The summed E-state index contributed by atoms with van der Waals surface area (Å²) >= 11 is 4.23. The molecule has 0 aromatic heterocycles. The summed E-state index contributed by atoms with van der Waals surface area (Å²) in [6.45, 7) is 4.06. The molecule has 3 heteroatoms.